The number of carbonyl (C=O) groups excluding carboxylic acids is 3. The number of ether oxygens (including phenoxy) is 6. The van der Waals surface area contributed by atoms with E-state index in [4.69, 9.17) is 28.4 Å². The van der Waals surface area contributed by atoms with Crippen molar-refractivity contribution in [3.8, 4) is 0 Å². The maximum atomic E-state index is 11.4. The van der Waals surface area contributed by atoms with Gasteiger partial charge >= 0.3 is 17.9 Å². The molecule has 0 aromatic carbocycles. The molecule has 0 aliphatic rings. The number of hydrogen-bond acceptors (Lipinski definition) is 9. The molecule has 0 fully saturated rings. The molecule has 0 unspecified atom stereocenters. The van der Waals surface area contributed by atoms with Crippen LogP contribution in [0.4, 0.5) is 0 Å². The van der Waals surface area contributed by atoms with Crippen molar-refractivity contribution < 1.29 is 42.8 Å². The maximum Gasteiger partial charge on any atom is 0.335 e. The normalized spacial score (nSPS) is 10.8. The second-order valence-electron chi connectivity index (χ2n) is 6.85. The Bertz CT molecular complexity index is 538. The Hall–Kier alpha value is -2.49. The first-order valence-electron chi connectivity index (χ1n) is 8.69. The van der Waals surface area contributed by atoms with Crippen molar-refractivity contribution >= 4 is 17.9 Å². The minimum atomic E-state index is -0.721. The second kappa shape index (κ2) is 13.6. The Morgan fingerprint density at radius 1 is 0.621 bits per heavy atom. The van der Waals surface area contributed by atoms with E-state index in [9.17, 15) is 14.4 Å². The molecular weight excluding hydrogens is 384 g/mol. The summed E-state index contributed by atoms with van der Waals surface area (Å²) in [6.07, 6.45) is 0. The van der Waals surface area contributed by atoms with Gasteiger partial charge in [-0.15, -0.1) is 0 Å². The summed E-state index contributed by atoms with van der Waals surface area (Å²) in [6.45, 7) is 16.1. The highest BCUT2D eigenvalue weighted by atomic mass is 16.7. The third-order valence-electron chi connectivity index (χ3n) is 3.22. The molecule has 0 aromatic heterocycles. The van der Waals surface area contributed by atoms with Gasteiger partial charge in [0.15, 0.2) is 20.4 Å². The highest BCUT2D eigenvalue weighted by Gasteiger charge is 2.27. The first-order valence-corrected chi connectivity index (χ1v) is 8.69. The summed E-state index contributed by atoms with van der Waals surface area (Å²) in [6, 6.07) is 0. The molecule has 0 aliphatic carbocycles. The van der Waals surface area contributed by atoms with Crippen molar-refractivity contribution in [2.75, 3.05) is 40.2 Å². The Labute approximate surface area is 171 Å². The molecule has 29 heavy (non-hydrogen) atoms. The third-order valence-corrected chi connectivity index (χ3v) is 3.22. The molecule has 0 aromatic rings. The van der Waals surface area contributed by atoms with Gasteiger partial charge in [-0.25, -0.2) is 14.4 Å². The molecule has 0 aliphatic heterocycles. The van der Waals surface area contributed by atoms with E-state index in [2.05, 4.69) is 19.7 Å². The molecule has 0 saturated heterocycles. The predicted octanol–water partition coefficient (Wildman–Crippen LogP) is 2.27. The van der Waals surface area contributed by atoms with Crippen LogP contribution in [0, 0.1) is 5.41 Å². The van der Waals surface area contributed by atoms with E-state index in [0.29, 0.717) is 0 Å². The SMILES string of the molecule is C=C(C)C(=O)OCOCC(C)(COCOC(=O)C(=C)C)COCOC(=O)C(=C)C. The topological polar surface area (TPSA) is 107 Å². The van der Waals surface area contributed by atoms with Crippen molar-refractivity contribution in [1.82, 2.24) is 0 Å². The summed E-state index contributed by atoms with van der Waals surface area (Å²) < 4.78 is 30.7. The van der Waals surface area contributed by atoms with Crippen LogP contribution in [0.3, 0.4) is 0 Å². The lowest BCUT2D eigenvalue weighted by molar-refractivity contribution is -0.171. The van der Waals surface area contributed by atoms with Crippen LogP contribution in [-0.2, 0) is 42.8 Å². The van der Waals surface area contributed by atoms with E-state index >= 15 is 0 Å². The highest BCUT2D eigenvalue weighted by molar-refractivity contribution is 5.87. The van der Waals surface area contributed by atoms with E-state index in [1.807, 2.05) is 0 Å². The fourth-order valence-electron chi connectivity index (χ4n) is 1.64. The Kier molecular flexibility index (Phi) is 12.5. The monoisotopic (exact) mass is 414 g/mol. The lowest BCUT2D eigenvalue weighted by atomic mass is 9.94. The maximum absolute atomic E-state index is 11.4. The standard InChI is InChI=1S/C20H30O9/c1-14(2)17(21)27-11-24-8-20(7,9-25-12-28-18(22)15(3)4)10-26-13-29-19(23)16(5)6/h1,3,5,8-13H2,2,4,6-7H3. The fourth-order valence-corrected chi connectivity index (χ4v) is 1.64. The van der Waals surface area contributed by atoms with Gasteiger partial charge in [-0.05, 0) is 20.8 Å². The van der Waals surface area contributed by atoms with Gasteiger partial charge in [0, 0.05) is 22.1 Å². The second-order valence-corrected chi connectivity index (χ2v) is 6.85. The zero-order chi connectivity index (χ0) is 22.4. The van der Waals surface area contributed by atoms with Crippen LogP contribution in [0.2, 0.25) is 0 Å². The van der Waals surface area contributed by atoms with Gasteiger partial charge in [0.1, 0.15) is 0 Å². The Morgan fingerprint density at radius 3 is 1.07 bits per heavy atom. The highest BCUT2D eigenvalue weighted by Crippen LogP contribution is 2.19. The molecule has 9 nitrogen and oxygen atoms in total. The molecule has 0 bridgehead atoms. The van der Waals surface area contributed by atoms with Crippen LogP contribution in [0.25, 0.3) is 0 Å². The van der Waals surface area contributed by atoms with Crippen molar-refractivity contribution in [3.05, 3.63) is 36.5 Å². The molecule has 0 radical (unpaired) electrons. The molecular formula is C20H30O9. The first kappa shape index (κ1) is 26.5. The molecule has 0 heterocycles. The van der Waals surface area contributed by atoms with E-state index in [0.717, 1.165) is 0 Å². The van der Waals surface area contributed by atoms with Crippen LogP contribution >= 0.6 is 0 Å². The zero-order valence-corrected chi connectivity index (χ0v) is 17.5. The minimum absolute atomic E-state index is 0.0827. The fraction of sp³-hybridized carbons (Fsp3) is 0.550. The van der Waals surface area contributed by atoms with E-state index in [-0.39, 0.29) is 56.9 Å². The van der Waals surface area contributed by atoms with Gasteiger partial charge in [0.05, 0.1) is 19.8 Å². The predicted molar refractivity (Wildman–Crippen MR) is 103 cm³/mol. The first-order chi connectivity index (χ1) is 13.5. The Balaban J connectivity index is 4.54. The summed E-state index contributed by atoms with van der Waals surface area (Å²) in [5.74, 6) is -1.71. The summed E-state index contributed by atoms with van der Waals surface area (Å²) >= 11 is 0. The summed E-state index contributed by atoms with van der Waals surface area (Å²) in [7, 11) is 0. The van der Waals surface area contributed by atoms with Gasteiger partial charge in [-0.3, -0.25) is 0 Å². The molecule has 0 rings (SSSR count). The van der Waals surface area contributed by atoms with Gasteiger partial charge in [0.25, 0.3) is 0 Å². The van der Waals surface area contributed by atoms with Gasteiger partial charge in [-0.1, -0.05) is 26.7 Å². The van der Waals surface area contributed by atoms with Gasteiger partial charge < -0.3 is 28.4 Å². The van der Waals surface area contributed by atoms with Crippen molar-refractivity contribution in [2.24, 2.45) is 5.41 Å². The average molecular weight is 414 g/mol. The molecule has 0 spiro atoms. The number of rotatable bonds is 15. The molecule has 164 valence electrons. The molecule has 0 saturated carbocycles. The summed E-state index contributed by atoms with van der Waals surface area (Å²) in [4.78, 5) is 34.1. The smallest absolute Gasteiger partial charge is 0.335 e. The zero-order valence-electron chi connectivity index (χ0n) is 17.5. The summed E-state index contributed by atoms with van der Waals surface area (Å²) in [5, 5.41) is 0. The number of hydrogen-bond donors (Lipinski definition) is 0. The Morgan fingerprint density at radius 2 is 0.862 bits per heavy atom. The molecule has 0 atom stereocenters. The largest absolute Gasteiger partial charge is 0.435 e. The summed E-state index contributed by atoms with van der Waals surface area (Å²) in [5.41, 5.74) is 0.0333. The van der Waals surface area contributed by atoms with Gasteiger partial charge in [0.2, 0.25) is 0 Å². The lowest BCUT2D eigenvalue weighted by Gasteiger charge is -2.28. The van der Waals surface area contributed by atoms with Crippen molar-refractivity contribution in [3.63, 3.8) is 0 Å². The van der Waals surface area contributed by atoms with E-state index in [1.54, 1.807) is 6.92 Å². The van der Waals surface area contributed by atoms with Crippen molar-refractivity contribution in [2.45, 2.75) is 27.7 Å². The molecule has 0 amide bonds. The van der Waals surface area contributed by atoms with Crippen LogP contribution in [-0.4, -0.2) is 58.1 Å². The van der Waals surface area contributed by atoms with E-state index in [1.165, 1.54) is 20.8 Å². The van der Waals surface area contributed by atoms with Crippen LogP contribution in [0.15, 0.2) is 36.5 Å². The van der Waals surface area contributed by atoms with Crippen LogP contribution in [0.5, 0.6) is 0 Å². The van der Waals surface area contributed by atoms with E-state index < -0.39 is 23.3 Å². The van der Waals surface area contributed by atoms with Gasteiger partial charge in [-0.2, -0.15) is 0 Å². The third kappa shape index (κ3) is 12.6. The molecule has 9 heteroatoms. The molecule has 0 N–H and O–H groups in total. The van der Waals surface area contributed by atoms with Crippen molar-refractivity contribution in [1.29, 1.82) is 0 Å². The number of carbonyl (C=O) groups is 3. The lowest BCUT2D eigenvalue weighted by Crippen LogP contribution is -2.35. The average Bonchev–Trinajstić information content (AvgIpc) is 2.65. The quantitative estimate of drug-likeness (QED) is 0.131. The van der Waals surface area contributed by atoms with Crippen LogP contribution in [0.1, 0.15) is 27.7 Å². The van der Waals surface area contributed by atoms with Crippen LogP contribution < -0.4 is 0 Å². The minimum Gasteiger partial charge on any atom is -0.435 e. The number of esters is 3.